The van der Waals surface area contributed by atoms with Gasteiger partial charge in [0.1, 0.15) is 5.69 Å². The van der Waals surface area contributed by atoms with Gasteiger partial charge in [-0.05, 0) is 48.4 Å². The summed E-state index contributed by atoms with van der Waals surface area (Å²) in [5.41, 5.74) is 4.26. The van der Waals surface area contributed by atoms with Crippen molar-refractivity contribution in [2.75, 3.05) is 33.2 Å². The molecule has 7 heteroatoms. The van der Waals surface area contributed by atoms with Gasteiger partial charge in [-0.2, -0.15) is 0 Å². The minimum atomic E-state index is -0.142. The number of nitrogens with one attached hydrogen (secondary N) is 1. The lowest BCUT2D eigenvalue weighted by Crippen LogP contribution is -2.43. The quantitative estimate of drug-likeness (QED) is 0.593. The molecule has 0 unspecified atom stereocenters. The number of amides is 1. The standard InChI is InChI=1S/C26H28ClN5O/c1-30-10-12-32(13-11-30)18-23-8-6-21(15-25(23)27)16-29-26(33)22-5-3-4-20(14-22)7-9-24-17-28-19-31(24)2/h3-6,8,14-15,17,19H,10-13,16,18H2,1-2H3,(H,29,33). The zero-order chi connectivity index (χ0) is 23.2. The first kappa shape index (κ1) is 23.1. The number of piperazine rings is 1. The first-order valence-corrected chi connectivity index (χ1v) is 11.4. The number of imidazole rings is 1. The Bertz CT molecular complexity index is 1180. The Morgan fingerprint density at radius 3 is 2.64 bits per heavy atom. The van der Waals surface area contributed by atoms with Crippen LogP contribution in [0.5, 0.6) is 0 Å². The van der Waals surface area contributed by atoms with E-state index in [2.05, 4.69) is 45.1 Å². The van der Waals surface area contributed by atoms with Crippen LogP contribution in [0.15, 0.2) is 55.0 Å². The number of hydrogen-bond donors (Lipinski definition) is 1. The number of carbonyl (C=O) groups excluding carboxylic acids is 1. The molecule has 0 saturated carbocycles. The largest absolute Gasteiger partial charge is 0.348 e. The van der Waals surface area contributed by atoms with Crippen LogP contribution in [0.25, 0.3) is 0 Å². The van der Waals surface area contributed by atoms with Crippen molar-refractivity contribution in [1.82, 2.24) is 24.7 Å². The molecule has 2 aromatic carbocycles. The highest BCUT2D eigenvalue weighted by atomic mass is 35.5. The normalized spacial score (nSPS) is 14.5. The average molecular weight is 462 g/mol. The molecule has 1 aliphatic rings. The number of nitrogens with zero attached hydrogens (tertiary/aromatic N) is 4. The zero-order valence-corrected chi connectivity index (χ0v) is 19.8. The lowest BCUT2D eigenvalue weighted by Gasteiger charge is -2.32. The van der Waals surface area contributed by atoms with Gasteiger partial charge >= 0.3 is 0 Å². The van der Waals surface area contributed by atoms with Crippen molar-refractivity contribution < 1.29 is 4.79 Å². The molecule has 1 aliphatic heterocycles. The number of hydrogen-bond acceptors (Lipinski definition) is 4. The van der Waals surface area contributed by atoms with Crippen molar-refractivity contribution in [2.45, 2.75) is 13.1 Å². The molecule has 0 atom stereocenters. The maximum atomic E-state index is 12.7. The number of rotatable bonds is 5. The van der Waals surface area contributed by atoms with Crippen LogP contribution in [0, 0.1) is 11.8 Å². The smallest absolute Gasteiger partial charge is 0.251 e. The number of halogens is 1. The van der Waals surface area contributed by atoms with Gasteiger partial charge in [-0.25, -0.2) is 4.98 Å². The third-order valence-electron chi connectivity index (χ3n) is 5.84. The van der Waals surface area contributed by atoms with Gasteiger partial charge in [0, 0.05) is 62.5 Å². The summed E-state index contributed by atoms with van der Waals surface area (Å²) in [7, 11) is 4.05. The lowest BCUT2D eigenvalue weighted by atomic mass is 10.1. The minimum Gasteiger partial charge on any atom is -0.348 e. The molecule has 6 nitrogen and oxygen atoms in total. The Morgan fingerprint density at radius 1 is 1.09 bits per heavy atom. The molecule has 170 valence electrons. The molecule has 1 saturated heterocycles. The van der Waals surface area contributed by atoms with E-state index < -0.39 is 0 Å². The van der Waals surface area contributed by atoms with Crippen molar-refractivity contribution in [1.29, 1.82) is 0 Å². The Kier molecular flexibility index (Phi) is 7.46. The molecule has 33 heavy (non-hydrogen) atoms. The van der Waals surface area contributed by atoms with Crippen LogP contribution in [-0.4, -0.2) is 58.5 Å². The maximum absolute atomic E-state index is 12.7. The van der Waals surface area contributed by atoms with Crippen molar-refractivity contribution in [3.63, 3.8) is 0 Å². The van der Waals surface area contributed by atoms with E-state index >= 15 is 0 Å². The van der Waals surface area contributed by atoms with E-state index in [1.807, 2.05) is 35.9 Å². The first-order chi connectivity index (χ1) is 16.0. The fourth-order valence-electron chi connectivity index (χ4n) is 3.71. The molecule has 3 aromatic rings. The molecule has 1 fully saturated rings. The summed E-state index contributed by atoms with van der Waals surface area (Å²) in [5.74, 6) is 6.02. The van der Waals surface area contributed by atoms with Gasteiger partial charge in [-0.15, -0.1) is 0 Å². The molecule has 2 heterocycles. The summed E-state index contributed by atoms with van der Waals surface area (Å²) in [5, 5.41) is 3.72. The van der Waals surface area contributed by atoms with Crippen LogP contribution in [0.4, 0.5) is 0 Å². The number of likely N-dealkylation sites (N-methyl/N-ethyl adjacent to an activating group) is 1. The Hall–Kier alpha value is -3.11. The number of aromatic nitrogens is 2. The summed E-state index contributed by atoms with van der Waals surface area (Å²) in [6.45, 7) is 5.53. The average Bonchev–Trinajstić information content (AvgIpc) is 3.24. The molecule has 1 N–H and O–H groups in total. The third-order valence-corrected chi connectivity index (χ3v) is 6.19. The summed E-state index contributed by atoms with van der Waals surface area (Å²) >= 11 is 6.55. The van der Waals surface area contributed by atoms with Gasteiger partial charge in [0.25, 0.3) is 5.91 Å². The summed E-state index contributed by atoms with van der Waals surface area (Å²) in [6.07, 6.45) is 3.42. The molecule has 4 rings (SSSR count). The lowest BCUT2D eigenvalue weighted by molar-refractivity contribution is 0.0951. The van der Waals surface area contributed by atoms with Gasteiger partial charge in [-0.3, -0.25) is 9.69 Å². The molecule has 1 aromatic heterocycles. The van der Waals surface area contributed by atoms with Crippen molar-refractivity contribution >= 4 is 17.5 Å². The highest BCUT2D eigenvalue weighted by molar-refractivity contribution is 6.31. The maximum Gasteiger partial charge on any atom is 0.251 e. The van der Waals surface area contributed by atoms with E-state index in [4.69, 9.17) is 11.6 Å². The molecule has 1 amide bonds. The number of carbonyl (C=O) groups is 1. The Labute approximate surface area is 200 Å². The molecular weight excluding hydrogens is 434 g/mol. The second-order valence-electron chi connectivity index (χ2n) is 8.41. The van der Waals surface area contributed by atoms with E-state index in [9.17, 15) is 4.79 Å². The number of aryl methyl sites for hydroxylation is 1. The van der Waals surface area contributed by atoms with Crippen LogP contribution < -0.4 is 5.32 Å². The minimum absolute atomic E-state index is 0.142. The van der Waals surface area contributed by atoms with Gasteiger partial charge in [0.15, 0.2) is 0 Å². The van der Waals surface area contributed by atoms with Crippen LogP contribution in [0.1, 0.15) is 32.7 Å². The molecule has 0 bridgehead atoms. The van der Waals surface area contributed by atoms with Crippen LogP contribution in [0.3, 0.4) is 0 Å². The zero-order valence-electron chi connectivity index (χ0n) is 19.0. The monoisotopic (exact) mass is 461 g/mol. The second-order valence-corrected chi connectivity index (χ2v) is 8.82. The van der Waals surface area contributed by atoms with E-state index in [0.717, 1.165) is 60.1 Å². The highest BCUT2D eigenvalue weighted by Gasteiger charge is 2.15. The fraction of sp³-hybridized carbons (Fsp3) is 0.308. The van der Waals surface area contributed by atoms with Crippen molar-refractivity contribution in [2.24, 2.45) is 7.05 Å². The summed E-state index contributed by atoms with van der Waals surface area (Å²) < 4.78 is 1.85. The highest BCUT2D eigenvalue weighted by Crippen LogP contribution is 2.20. The van der Waals surface area contributed by atoms with Crippen molar-refractivity contribution in [3.05, 3.63) is 88.0 Å². The van der Waals surface area contributed by atoms with Crippen LogP contribution >= 0.6 is 11.6 Å². The predicted octanol–water partition coefficient (Wildman–Crippen LogP) is 3.15. The topological polar surface area (TPSA) is 53.4 Å². The van der Waals surface area contributed by atoms with E-state index in [0.29, 0.717) is 12.1 Å². The van der Waals surface area contributed by atoms with Gasteiger partial charge < -0.3 is 14.8 Å². The van der Waals surface area contributed by atoms with E-state index in [1.54, 1.807) is 24.7 Å². The number of benzene rings is 2. The molecule has 0 spiro atoms. The SMILES string of the molecule is CN1CCN(Cc2ccc(CNC(=O)c3cccc(C#Cc4cncn4C)c3)cc2Cl)CC1. The molecular formula is C26H28ClN5O. The van der Waals surface area contributed by atoms with E-state index in [1.165, 1.54) is 0 Å². The fourth-order valence-corrected chi connectivity index (χ4v) is 3.98. The molecule has 0 radical (unpaired) electrons. The Morgan fingerprint density at radius 2 is 1.91 bits per heavy atom. The van der Waals surface area contributed by atoms with Crippen LogP contribution in [0.2, 0.25) is 5.02 Å². The van der Waals surface area contributed by atoms with Gasteiger partial charge in [0.05, 0.1) is 12.5 Å². The van der Waals surface area contributed by atoms with E-state index in [-0.39, 0.29) is 5.91 Å². The summed E-state index contributed by atoms with van der Waals surface area (Å²) in [6, 6.07) is 13.4. The summed E-state index contributed by atoms with van der Waals surface area (Å²) in [4.78, 5) is 21.5. The third kappa shape index (κ3) is 6.23. The van der Waals surface area contributed by atoms with Crippen molar-refractivity contribution in [3.8, 4) is 11.8 Å². The predicted molar refractivity (Wildman–Crippen MR) is 131 cm³/mol. The van der Waals surface area contributed by atoms with Gasteiger partial charge in [0.2, 0.25) is 0 Å². The Balaban J connectivity index is 1.34. The van der Waals surface area contributed by atoms with Gasteiger partial charge in [-0.1, -0.05) is 35.7 Å². The molecule has 0 aliphatic carbocycles. The first-order valence-electron chi connectivity index (χ1n) is 11.0. The van der Waals surface area contributed by atoms with Crippen LogP contribution in [-0.2, 0) is 20.1 Å². The second kappa shape index (κ2) is 10.7.